The molecule has 1 aliphatic rings. The summed E-state index contributed by atoms with van der Waals surface area (Å²) in [5, 5.41) is 20.5. The highest BCUT2D eigenvalue weighted by Crippen LogP contribution is 2.45. The molecule has 1 atom stereocenters. The average Bonchev–Trinajstić information content (AvgIpc) is 3.59. The Hall–Kier alpha value is -4.51. The molecule has 1 saturated heterocycles. The molecule has 43 heavy (non-hydrogen) atoms. The molecule has 1 N–H and O–H groups in total. The number of ketones is 1. The van der Waals surface area contributed by atoms with E-state index in [1.54, 1.807) is 60.7 Å². The Morgan fingerprint density at radius 3 is 2.40 bits per heavy atom. The first-order valence-electron chi connectivity index (χ1n) is 13.0. The summed E-state index contributed by atoms with van der Waals surface area (Å²) < 4.78 is 19.9. The molecule has 1 unspecified atom stereocenters. The zero-order valence-electron chi connectivity index (χ0n) is 22.2. The monoisotopic (exact) mass is 629 g/mol. The fraction of sp³-hybridized carbons (Fsp3) is 0.0625. The number of Topliss-reactive ketones (excluding diaryl/α,β-unsaturated/α-hetero) is 1. The van der Waals surface area contributed by atoms with E-state index in [0.29, 0.717) is 37.7 Å². The normalized spacial score (nSPS) is 16.0. The molecule has 1 amide bonds. The van der Waals surface area contributed by atoms with Crippen molar-refractivity contribution in [1.29, 1.82) is 0 Å². The Morgan fingerprint density at radius 2 is 1.65 bits per heavy atom. The van der Waals surface area contributed by atoms with E-state index < -0.39 is 17.7 Å². The summed E-state index contributed by atoms with van der Waals surface area (Å²) in [6.45, 7) is 0. The summed E-state index contributed by atoms with van der Waals surface area (Å²) in [6, 6.07) is 27.6. The lowest BCUT2D eigenvalue weighted by Crippen LogP contribution is -2.29. The predicted octanol–water partition coefficient (Wildman–Crippen LogP) is 8.04. The number of nitrogens with zero attached hydrogens (tertiary/aromatic N) is 3. The number of anilines is 1. The predicted molar refractivity (Wildman–Crippen MR) is 165 cm³/mol. The summed E-state index contributed by atoms with van der Waals surface area (Å²) in [6.07, 6.45) is 0. The molecular weight excluding hydrogens is 609 g/mol. The third-order valence-corrected chi connectivity index (χ3v) is 8.97. The molecule has 6 rings (SSSR count). The molecule has 4 aromatic carbocycles. The molecular formula is C32H21ClFN3O4S2. The van der Waals surface area contributed by atoms with Gasteiger partial charge in [0.2, 0.25) is 5.13 Å². The van der Waals surface area contributed by atoms with Gasteiger partial charge in [0, 0.05) is 16.3 Å². The lowest BCUT2D eigenvalue weighted by molar-refractivity contribution is -0.132. The quantitative estimate of drug-likeness (QED) is 0.0610. The maximum Gasteiger partial charge on any atom is 0.301 e. The van der Waals surface area contributed by atoms with E-state index in [9.17, 15) is 19.1 Å². The topological polar surface area (TPSA) is 92.6 Å². The van der Waals surface area contributed by atoms with Crippen molar-refractivity contribution in [2.75, 3.05) is 4.90 Å². The summed E-state index contributed by atoms with van der Waals surface area (Å²) >= 11 is 8.55. The summed E-state index contributed by atoms with van der Waals surface area (Å²) in [5.41, 5.74) is 1.65. The number of thioether (sulfide) groups is 1. The van der Waals surface area contributed by atoms with Gasteiger partial charge in [-0.3, -0.25) is 14.5 Å². The van der Waals surface area contributed by atoms with Crippen LogP contribution in [0.5, 0.6) is 11.5 Å². The molecule has 5 aromatic rings. The zero-order valence-corrected chi connectivity index (χ0v) is 24.6. The van der Waals surface area contributed by atoms with Crippen molar-refractivity contribution in [2.45, 2.75) is 16.1 Å². The number of hydrogen-bond donors (Lipinski definition) is 1. The first-order chi connectivity index (χ1) is 20.9. The number of rotatable bonds is 8. The highest BCUT2D eigenvalue weighted by molar-refractivity contribution is 8.00. The molecule has 0 radical (unpaired) electrons. The number of ether oxygens (including phenoxy) is 1. The SMILES string of the molecule is O=C1C(=O)N(c2nnc(SCc3ccc(F)cc3)s2)C(c2cccc(Oc3ccccc3)c2)/C1=C(/O)c1ccc(Cl)cc1. The number of aliphatic hydroxyl groups is 1. The van der Waals surface area contributed by atoms with Gasteiger partial charge in [-0.25, -0.2) is 4.39 Å². The Bertz CT molecular complexity index is 1830. The van der Waals surface area contributed by atoms with E-state index in [2.05, 4.69) is 10.2 Å². The first-order valence-corrected chi connectivity index (χ1v) is 15.2. The number of aromatic nitrogens is 2. The van der Waals surface area contributed by atoms with E-state index in [1.165, 1.54) is 28.8 Å². The fourth-order valence-corrected chi connectivity index (χ4v) is 6.51. The minimum absolute atomic E-state index is 0.0973. The van der Waals surface area contributed by atoms with Crippen molar-refractivity contribution in [3.8, 4) is 11.5 Å². The van der Waals surface area contributed by atoms with Crippen molar-refractivity contribution in [3.05, 3.63) is 136 Å². The lowest BCUT2D eigenvalue weighted by atomic mass is 9.95. The van der Waals surface area contributed by atoms with Crippen molar-refractivity contribution in [1.82, 2.24) is 10.2 Å². The van der Waals surface area contributed by atoms with Crippen LogP contribution in [0.4, 0.5) is 9.52 Å². The molecule has 11 heteroatoms. The molecule has 0 bridgehead atoms. The van der Waals surface area contributed by atoms with Crippen molar-refractivity contribution >= 4 is 57.3 Å². The summed E-state index contributed by atoms with van der Waals surface area (Å²) in [4.78, 5) is 28.3. The van der Waals surface area contributed by atoms with Crippen LogP contribution in [0.3, 0.4) is 0 Å². The Morgan fingerprint density at radius 1 is 0.930 bits per heavy atom. The summed E-state index contributed by atoms with van der Waals surface area (Å²) in [5.74, 6) is -0.766. The Kier molecular flexibility index (Phi) is 8.24. The molecule has 1 fully saturated rings. The molecule has 7 nitrogen and oxygen atoms in total. The Labute approximate surface area is 259 Å². The van der Waals surface area contributed by atoms with E-state index in [-0.39, 0.29) is 22.3 Å². The second-order valence-corrected chi connectivity index (χ2v) is 12.0. The minimum atomic E-state index is -1.02. The molecule has 2 heterocycles. The van der Waals surface area contributed by atoms with Crippen LogP contribution in [0.1, 0.15) is 22.7 Å². The van der Waals surface area contributed by atoms with Gasteiger partial charge in [0.05, 0.1) is 11.6 Å². The average molecular weight is 630 g/mol. The molecule has 214 valence electrons. The van der Waals surface area contributed by atoms with Crippen LogP contribution in [-0.2, 0) is 15.3 Å². The maximum atomic E-state index is 13.6. The zero-order chi connectivity index (χ0) is 29.9. The van der Waals surface area contributed by atoms with Gasteiger partial charge in [-0.05, 0) is 71.8 Å². The molecule has 0 aliphatic carbocycles. The number of amides is 1. The van der Waals surface area contributed by atoms with Gasteiger partial charge >= 0.3 is 5.91 Å². The third-order valence-electron chi connectivity index (χ3n) is 6.59. The highest BCUT2D eigenvalue weighted by Gasteiger charge is 2.48. The van der Waals surface area contributed by atoms with Crippen molar-refractivity contribution in [3.63, 3.8) is 0 Å². The van der Waals surface area contributed by atoms with Crippen LogP contribution >= 0.6 is 34.7 Å². The number of hydrogen-bond acceptors (Lipinski definition) is 8. The largest absolute Gasteiger partial charge is 0.507 e. The van der Waals surface area contributed by atoms with Gasteiger partial charge in [0.15, 0.2) is 4.34 Å². The number of carbonyl (C=O) groups is 2. The second kappa shape index (κ2) is 12.4. The lowest BCUT2D eigenvalue weighted by Gasteiger charge is -2.23. The van der Waals surface area contributed by atoms with Crippen LogP contribution in [0.2, 0.25) is 5.02 Å². The van der Waals surface area contributed by atoms with Gasteiger partial charge in [0.25, 0.3) is 5.78 Å². The van der Waals surface area contributed by atoms with Gasteiger partial charge in [-0.2, -0.15) is 0 Å². The molecule has 0 spiro atoms. The number of carbonyl (C=O) groups excluding carboxylic acids is 2. The standard InChI is InChI=1S/C32H21ClFN3O4S2/c33-22-13-11-20(12-14-22)28(38)26-27(21-5-4-8-25(17-21)41-24-6-2-1-3-7-24)37(30(40)29(26)39)31-35-36-32(43-31)42-18-19-9-15-23(34)16-10-19/h1-17,27,38H,18H2/b28-26-. The van der Waals surface area contributed by atoms with E-state index in [0.717, 1.165) is 16.9 Å². The smallest absolute Gasteiger partial charge is 0.301 e. The molecule has 1 aromatic heterocycles. The van der Waals surface area contributed by atoms with E-state index in [1.807, 2.05) is 30.3 Å². The number of aliphatic hydroxyl groups excluding tert-OH is 1. The van der Waals surface area contributed by atoms with Crippen LogP contribution in [-0.4, -0.2) is 27.0 Å². The van der Waals surface area contributed by atoms with E-state index >= 15 is 0 Å². The fourth-order valence-electron chi connectivity index (χ4n) is 4.57. The third kappa shape index (κ3) is 6.17. The molecule has 0 saturated carbocycles. The minimum Gasteiger partial charge on any atom is -0.507 e. The molecule has 1 aliphatic heterocycles. The van der Waals surface area contributed by atoms with Gasteiger partial charge in [0.1, 0.15) is 23.1 Å². The van der Waals surface area contributed by atoms with Gasteiger partial charge < -0.3 is 9.84 Å². The number of benzene rings is 4. The van der Waals surface area contributed by atoms with Gasteiger partial charge in [-0.1, -0.05) is 77.2 Å². The summed E-state index contributed by atoms with van der Waals surface area (Å²) in [7, 11) is 0. The second-order valence-electron chi connectivity index (χ2n) is 9.43. The van der Waals surface area contributed by atoms with Crippen LogP contribution in [0.25, 0.3) is 5.76 Å². The maximum absolute atomic E-state index is 13.6. The van der Waals surface area contributed by atoms with Gasteiger partial charge in [-0.15, -0.1) is 10.2 Å². The van der Waals surface area contributed by atoms with Crippen molar-refractivity contribution < 1.29 is 23.8 Å². The Balaban J connectivity index is 1.39. The number of halogens is 2. The van der Waals surface area contributed by atoms with Crippen LogP contribution in [0, 0.1) is 5.82 Å². The van der Waals surface area contributed by atoms with E-state index in [4.69, 9.17) is 16.3 Å². The van der Waals surface area contributed by atoms with Crippen LogP contribution < -0.4 is 9.64 Å². The number of para-hydroxylation sites is 1. The van der Waals surface area contributed by atoms with Crippen molar-refractivity contribution in [2.24, 2.45) is 0 Å². The van der Waals surface area contributed by atoms with Crippen LogP contribution in [0.15, 0.2) is 113 Å². The highest BCUT2D eigenvalue weighted by atomic mass is 35.5. The first kappa shape index (κ1) is 28.6.